The number of pyridine rings is 1. The first-order valence-corrected chi connectivity index (χ1v) is 9.48. The quantitative estimate of drug-likeness (QED) is 0.411. The number of aliphatic hydroxyl groups is 1. The van der Waals surface area contributed by atoms with E-state index in [2.05, 4.69) is 25.5 Å². The molecule has 0 saturated heterocycles. The molecular weight excluding hydrogens is 376 g/mol. The van der Waals surface area contributed by atoms with Crippen LogP contribution in [0, 0.1) is 0 Å². The van der Waals surface area contributed by atoms with Crippen LogP contribution in [0.5, 0.6) is 0 Å². The van der Waals surface area contributed by atoms with Crippen molar-refractivity contribution in [3.63, 3.8) is 0 Å². The Morgan fingerprint density at radius 3 is 2.57 bits per heavy atom. The normalized spacial score (nSPS) is 11.0. The molecule has 0 spiro atoms. The van der Waals surface area contributed by atoms with E-state index in [4.69, 9.17) is 4.98 Å². The Hall–Kier alpha value is -4.10. The van der Waals surface area contributed by atoms with E-state index in [1.54, 1.807) is 12.4 Å². The summed E-state index contributed by atoms with van der Waals surface area (Å²) in [6.07, 6.45) is 7.20. The maximum Gasteiger partial charge on any atom is 0.227 e. The lowest BCUT2D eigenvalue weighted by molar-refractivity contribution is 0.277. The molecule has 0 amide bonds. The van der Waals surface area contributed by atoms with Crippen LogP contribution in [-0.2, 0) is 6.61 Å². The molecule has 0 aliphatic rings. The van der Waals surface area contributed by atoms with Gasteiger partial charge in [0.1, 0.15) is 0 Å². The van der Waals surface area contributed by atoms with Gasteiger partial charge in [-0.3, -0.25) is 10.1 Å². The van der Waals surface area contributed by atoms with Crippen molar-refractivity contribution in [2.75, 3.05) is 5.32 Å². The van der Waals surface area contributed by atoms with E-state index in [0.29, 0.717) is 11.6 Å². The number of H-pyrrole nitrogens is 1. The lowest BCUT2D eigenvalue weighted by atomic mass is 10.1. The molecule has 2 aromatic carbocycles. The molecule has 7 nitrogen and oxygen atoms in total. The zero-order chi connectivity index (χ0) is 20.3. The Balaban J connectivity index is 1.49. The predicted molar refractivity (Wildman–Crippen MR) is 116 cm³/mol. The molecule has 0 radical (unpaired) electrons. The third kappa shape index (κ3) is 3.49. The molecule has 0 aliphatic heterocycles. The number of fused-ring (bicyclic) bond motifs is 1. The minimum Gasteiger partial charge on any atom is -0.390 e. The summed E-state index contributed by atoms with van der Waals surface area (Å²) in [4.78, 5) is 13.4. The molecule has 0 aliphatic carbocycles. The first-order valence-electron chi connectivity index (χ1n) is 9.48. The van der Waals surface area contributed by atoms with E-state index in [0.717, 1.165) is 38.8 Å². The van der Waals surface area contributed by atoms with Crippen LogP contribution in [0.3, 0.4) is 0 Å². The lowest BCUT2D eigenvalue weighted by Crippen LogP contribution is -1.98. The third-order valence-electron chi connectivity index (χ3n) is 4.89. The van der Waals surface area contributed by atoms with Crippen molar-refractivity contribution in [1.82, 2.24) is 25.1 Å². The number of para-hydroxylation sites is 1. The predicted octanol–water partition coefficient (Wildman–Crippen LogP) is 4.32. The smallest absolute Gasteiger partial charge is 0.227 e. The van der Waals surface area contributed by atoms with Crippen LogP contribution in [0.1, 0.15) is 5.69 Å². The molecule has 3 heterocycles. The molecule has 0 fully saturated rings. The number of hydrogen-bond donors (Lipinski definition) is 3. The van der Waals surface area contributed by atoms with Crippen LogP contribution in [0.25, 0.3) is 33.2 Å². The van der Waals surface area contributed by atoms with Crippen molar-refractivity contribution in [2.45, 2.75) is 6.61 Å². The number of rotatable bonds is 5. The van der Waals surface area contributed by atoms with E-state index in [1.807, 2.05) is 67.0 Å². The first-order chi connectivity index (χ1) is 14.8. The molecule has 5 aromatic rings. The largest absolute Gasteiger partial charge is 0.390 e. The molecule has 3 aromatic heterocycles. The van der Waals surface area contributed by atoms with Crippen LogP contribution < -0.4 is 5.32 Å². The molecule has 146 valence electrons. The second kappa shape index (κ2) is 7.73. The second-order valence-electron chi connectivity index (χ2n) is 6.82. The molecule has 5 rings (SSSR count). The van der Waals surface area contributed by atoms with Gasteiger partial charge in [-0.25, -0.2) is 9.97 Å². The maximum absolute atomic E-state index is 9.18. The highest BCUT2D eigenvalue weighted by molar-refractivity contribution is 5.85. The summed E-state index contributed by atoms with van der Waals surface area (Å²) in [5.74, 6) is 0.518. The number of nitrogens with one attached hydrogen (secondary N) is 2. The monoisotopic (exact) mass is 394 g/mol. The van der Waals surface area contributed by atoms with E-state index in [-0.39, 0.29) is 6.61 Å². The Morgan fingerprint density at radius 1 is 0.867 bits per heavy atom. The lowest BCUT2D eigenvalue weighted by Gasteiger charge is -2.10. The van der Waals surface area contributed by atoms with Gasteiger partial charge >= 0.3 is 0 Å². The Labute approximate surface area is 172 Å². The number of nitrogens with zero attached hydrogens (tertiary/aromatic N) is 4. The minimum absolute atomic E-state index is 0.0689. The number of anilines is 2. The van der Waals surface area contributed by atoms with Crippen molar-refractivity contribution < 1.29 is 5.11 Å². The molecule has 0 atom stereocenters. The fourth-order valence-electron chi connectivity index (χ4n) is 3.31. The van der Waals surface area contributed by atoms with Gasteiger partial charge in [0, 0.05) is 46.4 Å². The third-order valence-corrected chi connectivity index (χ3v) is 4.89. The fraction of sp³-hybridized carbons (Fsp3) is 0.0435. The standard InChI is InChI=1S/C23H18N6O/c30-14-19-8-7-16(10-24-19)15-5-6-17-11-25-23(29-22(17)9-15)28-21-4-2-1-3-20(21)18-12-26-27-13-18/h1-13,30H,14H2,(H,26,27)(H,25,28,29). The molecule has 30 heavy (non-hydrogen) atoms. The molecule has 7 heteroatoms. The van der Waals surface area contributed by atoms with Gasteiger partial charge in [0.15, 0.2) is 0 Å². The van der Waals surface area contributed by atoms with Gasteiger partial charge in [-0.15, -0.1) is 0 Å². The first kappa shape index (κ1) is 18.0. The number of aromatic nitrogens is 5. The van der Waals surface area contributed by atoms with Crippen LogP contribution in [-0.4, -0.2) is 30.3 Å². The van der Waals surface area contributed by atoms with Crippen LogP contribution in [0.2, 0.25) is 0 Å². The number of aromatic amines is 1. The average molecular weight is 394 g/mol. The van der Waals surface area contributed by atoms with Crippen molar-refractivity contribution in [1.29, 1.82) is 0 Å². The molecule has 0 saturated carbocycles. The van der Waals surface area contributed by atoms with Gasteiger partial charge in [-0.2, -0.15) is 5.10 Å². The van der Waals surface area contributed by atoms with Crippen molar-refractivity contribution in [3.8, 4) is 22.3 Å². The Kier molecular flexibility index (Phi) is 4.63. The Bertz CT molecular complexity index is 1300. The van der Waals surface area contributed by atoms with E-state index in [9.17, 15) is 5.11 Å². The average Bonchev–Trinajstić information content (AvgIpc) is 3.34. The highest BCUT2D eigenvalue weighted by atomic mass is 16.3. The van der Waals surface area contributed by atoms with E-state index < -0.39 is 0 Å². The summed E-state index contributed by atoms with van der Waals surface area (Å²) in [5.41, 5.74) is 6.34. The summed E-state index contributed by atoms with van der Waals surface area (Å²) >= 11 is 0. The van der Waals surface area contributed by atoms with Gasteiger partial charge in [-0.05, 0) is 23.8 Å². The van der Waals surface area contributed by atoms with Crippen LogP contribution >= 0.6 is 0 Å². The van der Waals surface area contributed by atoms with Crippen molar-refractivity contribution in [2.24, 2.45) is 0 Å². The Morgan fingerprint density at radius 2 is 1.77 bits per heavy atom. The molecule has 0 bridgehead atoms. The second-order valence-corrected chi connectivity index (χ2v) is 6.82. The van der Waals surface area contributed by atoms with Gasteiger partial charge in [0.05, 0.1) is 24.0 Å². The fourth-order valence-corrected chi connectivity index (χ4v) is 3.31. The zero-order valence-electron chi connectivity index (χ0n) is 15.9. The van der Waals surface area contributed by atoms with Gasteiger partial charge in [-0.1, -0.05) is 36.4 Å². The van der Waals surface area contributed by atoms with Gasteiger partial charge < -0.3 is 10.4 Å². The summed E-state index contributed by atoms with van der Waals surface area (Å²) in [7, 11) is 0. The summed E-state index contributed by atoms with van der Waals surface area (Å²) in [5, 5.41) is 20.3. The summed E-state index contributed by atoms with van der Waals surface area (Å²) in [6, 6.07) is 17.7. The number of benzene rings is 2. The zero-order valence-corrected chi connectivity index (χ0v) is 15.9. The number of hydrogen-bond acceptors (Lipinski definition) is 6. The SMILES string of the molecule is OCc1ccc(-c2ccc3cnc(Nc4ccccc4-c4cn[nH]c4)nc3c2)cn1. The number of aliphatic hydroxyl groups excluding tert-OH is 1. The highest BCUT2D eigenvalue weighted by Gasteiger charge is 2.09. The van der Waals surface area contributed by atoms with E-state index >= 15 is 0 Å². The topological polar surface area (TPSA) is 99.6 Å². The van der Waals surface area contributed by atoms with Gasteiger partial charge in [0.2, 0.25) is 5.95 Å². The molecule has 0 unspecified atom stereocenters. The summed E-state index contributed by atoms with van der Waals surface area (Å²) in [6.45, 7) is -0.0689. The summed E-state index contributed by atoms with van der Waals surface area (Å²) < 4.78 is 0. The molecule has 3 N–H and O–H groups in total. The van der Waals surface area contributed by atoms with Crippen LogP contribution in [0.4, 0.5) is 11.6 Å². The van der Waals surface area contributed by atoms with E-state index in [1.165, 1.54) is 0 Å². The molecular formula is C23H18N6O. The maximum atomic E-state index is 9.18. The van der Waals surface area contributed by atoms with Gasteiger partial charge in [0.25, 0.3) is 0 Å². The van der Waals surface area contributed by atoms with Crippen LogP contribution in [0.15, 0.2) is 79.4 Å². The highest BCUT2D eigenvalue weighted by Crippen LogP contribution is 2.29. The van der Waals surface area contributed by atoms with Crippen molar-refractivity contribution >= 4 is 22.5 Å². The minimum atomic E-state index is -0.0689. The van der Waals surface area contributed by atoms with Crippen molar-refractivity contribution in [3.05, 3.63) is 85.1 Å².